The SMILES string of the molecule is CC1(C)[C@H]2COC(=O)[C@]21N. The fourth-order valence-electron chi connectivity index (χ4n) is 1.93. The van der Waals surface area contributed by atoms with Crippen molar-refractivity contribution in [2.75, 3.05) is 6.61 Å². The summed E-state index contributed by atoms with van der Waals surface area (Å²) < 4.78 is 4.79. The fraction of sp³-hybridized carbons (Fsp3) is 0.857. The molecule has 56 valence electrons. The molecule has 2 rings (SSSR count). The van der Waals surface area contributed by atoms with Gasteiger partial charge < -0.3 is 10.5 Å². The second kappa shape index (κ2) is 1.23. The van der Waals surface area contributed by atoms with Crippen molar-refractivity contribution < 1.29 is 9.53 Å². The Balaban J connectivity index is 2.37. The lowest BCUT2D eigenvalue weighted by Gasteiger charge is -2.11. The van der Waals surface area contributed by atoms with E-state index in [9.17, 15) is 4.79 Å². The summed E-state index contributed by atoms with van der Waals surface area (Å²) in [7, 11) is 0. The average Bonchev–Trinajstić information content (AvgIpc) is 2.19. The van der Waals surface area contributed by atoms with Gasteiger partial charge in [-0.15, -0.1) is 0 Å². The Labute approximate surface area is 59.5 Å². The van der Waals surface area contributed by atoms with Crippen LogP contribution < -0.4 is 5.73 Å². The summed E-state index contributed by atoms with van der Waals surface area (Å²) in [5.41, 5.74) is 5.13. The Morgan fingerprint density at radius 2 is 2.30 bits per heavy atom. The Morgan fingerprint density at radius 3 is 2.50 bits per heavy atom. The van der Waals surface area contributed by atoms with Crippen LogP contribution in [0.1, 0.15) is 13.8 Å². The second-order valence-electron chi connectivity index (χ2n) is 3.74. The van der Waals surface area contributed by atoms with E-state index in [1.807, 2.05) is 13.8 Å². The van der Waals surface area contributed by atoms with Gasteiger partial charge in [-0.2, -0.15) is 0 Å². The first-order chi connectivity index (χ1) is 4.51. The molecule has 2 N–H and O–H groups in total. The molecule has 1 aliphatic heterocycles. The van der Waals surface area contributed by atoms with Gasteiger partial charge in [0.1, 0.15) is 5.54 Å². The summed E-state index contributed by atoms with van der Waals surface area (Å²) in [5.74, 6) is 0.0370. The van der Waals surface area contributed by atoms with Crippen LogP contribution >= 0.6 is 0 Å². The molecule has 3 heteroatoms. The van der Waals surface area contributed by atoms with Crippen molar-refractivity contribution in [2.24, 2.45) is 17.1 Å². The molecule has 0 aromatic carbocycles. The number of carbonyl (C=O) groups excluding carboxylic acids is 1. The minimum Gasteiger partial charge on any atom is -0.464 e. The minimum absolute atomic E-state index is 0.0255. The van der Waals surface area contributed by atoms with E-state index in [0.717, 1.165) is 0 Å². The van der Waals surface area contributed by atoms with Gasteiger partial charge in [-0.25, -0.2) is 0 Å². The third-order valence-electron chi connectivity index (χ3n) is 3.12. The van der Waals surface area contributed by atoms with Crippen molar-refractivity contribution in [1.29, 1.82) is 0 Å². The molecule has 2 atom stereocenters. The van der Waals surface area contributed by atoms with Crippen LogP contribution in [0.15, 0.2) is 0 Å². The van der Waals surface area contributed by atoms with Gasteiger partial charge >= 0.3 is 5.97 Å². The Kier molecular flexibility index (Phi) is 0.759. The first-order valence-electron chi connectivity index (χ1n) is 3.47. The van der Waals surface area contributed by atoms with Crippen LogP contribution in [-0.2, 0) is 9.53 Å². The molecule has 1 saturated carbocycles. The lowest BCUT2D eigenvalue weighted by Crippen LogP contribution is -2.37. The number of fused-ring (bicyclic) bond motifs is 1. The van der Waals surface area contributed by atoms with E-state index in [2.05, 4.69) is 0 Å². The molecule has 0 unspecified atom stereocenters. The van der Waals surface area contributed by atoms with Crippen LogP contribution in [0, 0.1) is 11.3 Å². The van der Waals surface area contributed by atoms with Crippen molar-refractivity contribution in [3.05, 3.63) is 0 Å². The molecular weight excluding hydrogens is 130 g/mol. The number of hydrogen-bond acceptors (Lipinski definition) is 3. The molecule has 0 bridgehead atoms. The third kappa shape index (κ3) is 0.355. The molecule has 2 fully saturated rings. The van der Waals surface area contributed by atoms with E-state index in [1.165, 1.54) is 0 Å². The van der Waals surface area contributed by atoms with E-state index in [1.54, 1.807) is 0 Å². The second-order valence-corrected chi connectivity index (χ2v) is 3.74. The van der Waals surface area contributed by atoms with Crippen molar-refractivity contribution in [1.82, 2.24) is 0 Å². The lowest BCUT2D eigenvalue weighted by molar-refractivity contribution is -0.143. The van der Waals surface area contributed by atoms with Crippen molar-refractivity contribution in [3.8, 4) is 0 Å². The predicted octanol–water partition coefficient (Wildman–Crippen LogP) is -0.103. The van der Waals surface area contributed by atoms with E-state index in [0.29, 0.717) is 6.61 Å². The van der Waals surface area contributed by atoms with Crippen LogP contribution in [-0.4, -0.2) is 18.1 Å². The smallest absolute Gasteiger partial charge is 0.327 e. The van der Waals surface area contributed by atoms with Crippen LogP contribution in [0.2, 0.25) is 0 Å². The standard InChI is InChI=1S/C7H11NO2/c1-6(2)4-3-10-5(9)7(4,6)8/h4H,3,8H2,1-2H3/t4-,7-/m1/s1. The summed E-state index contributed by atoms with van der Waals surface area (Å²) in [4.78, 5) is 11.0. The first kappa shape index (κ1) is 6.16. The predicted molar refractivity (Wildman–Crippen MR) is 35.1 cm³/mol. The number of hydrogen-bond donors (Lipinski definition) is 1. The molecule has 1 heterocycles. The molecule has 10 heavy (non-hydrogen) atoms. The number of esters is 1. The van der Waals surface area contributed by atoms with Crippen molar-refractivity contribution >= 4 is 5.97 Å². The topological polar surface area (TPSA) is 52.3 Å². The van der Waals surface area contributed by atoms with Crippen molar-refractivity contribution in [3.63, 3.8) is 0 Å². The highest BCUT2D eigenvalue weighted by molar-refractivity contribution is 5.89. The summed E-state index contributed by atoms with van der Waals surface area (Å²) in [6.45, 7) is 4.54. The monoisotopic (exact) mass is 141 g/mol. The zero-order valence-electron chi connectivity index (χ0n) is 6.18. The number of cyclic esters (lactones) is 1. The molecule has 0 aromatic rings. The van der Waals surface area contributed by atoms with E-state index in [-0.39, 0.29) is 17.3 Å². The molecule has 0 amide bonds. The molecule has 2 aliphatic rings. The van der Waals surface area contributed by atoms with Crippen molar-refractivity contribution in [2.45, 2.75) is 19.4 Å². The van der Waals surface area contributed by atoms with Gasteiger partial charge in [-0.05, 0) is 0 Å². The Morgan fingerprint density at radius 1 is 1.70 bits per heavy atom. The summed E-state index contributed by atoms with van der Waals surface area (Å²) in [5, 5.41) is 0. The molecule has 0 radical (unpaired) electrons. The summed E-state index contributed by atoms with van der Waals surface area (Å²) in [6, 6.07) is 0. The van der Waals surface area contributed by atoms with E-state index < -0.39 is 5.54 Å². The van der Waals surface area contributed by atoms with Gasteiger partial charge in [-0.3, -0.25) is 4.79 Å². The van der Waals surface area contributed by atoms with E-state index >= 15 is 0 Å². The molecule has 1 saturated heterocycles. The van der Waals surface area contributed by atoms with Gasteiger partial charge in [0, 0.05) is 11.3 Å². The Hall–Kier alpha value is -0.570. The van der Waals surface area contributed by atoms with Gasteiger partial charge in [-0.1, -0.05) is 13.8 Å². The van der Waals surface area contributed by atoms with Crippen LogP contribution in [0.5, 0.6) is 0 Å². The first-order valence-corrected chi connectivity index (χ1v) is 3.47. The summed E-state index contributed by atoms with van der Waals surface area (Å²) >= 11 is 0. The van der Waals surface area contributed by atoms with Gasteiger partial charge in [0.25, 0.3) is 0 Å². The molecular formula is C7H11NO2. The highest BCUT2D eigenvalue weighted by Gasteiger charge is 2.78. The normalized spacial score (nSPS) is 48.3. The Bertz CT molecular complexity index is 212. The number of carbonyl (C=O) groups is 1. The van der Waals surface area contributed by atoms with Gasteiger partial charge in [0.15, 0.2) is 0 Å². The summed E-state index contributed by atoms with van der Waals surface area (Å²) in [6.07, 6.45) is 0. The zero-order chi connectivity index (χ0) is 7.57. The number of nitrogens with two attached hydrogens (primary N) is 1. The van der Waals surface area contributed by atoms with Crippen LogP contribution in [0.4, 0.5) is 0 Å². The number of ether oxygens (including phenoxy) is 1. The molecule has 3 nitrogen and oxygen atoms in total. The maximum Gasteiger partial charge on any atom is 0.327 e. The molecule has 0 aromatic heterocycles. The van der Waals surface area contributed by atoms with Gasteiger partial charge in [0.05, 0.1) is 6.61 Å². The molecule has 0 spiro atoms. The third-order valence-corrected chi connectivity index (χ3v) is 3.12. The van der Waals surface area contributed by atoms with Crippen LogP contribution in [0.3, 0.4) is 0 Å². The lowest BCUT2D eigenvalue weighted by atomic mass is 10.1. The maximum atomic E-state index is 11.0. The average molecular weight is 141 g/mol. The zero-order valence-corrected chi connectivity index (χ0v) is 6.18. The molecule has 1 aliphatic carbocycles. The highest BCUT2D eigenvalue weighted by Crippen LogP contribution is 2.63. The largest absolute Gasteiger partial charge is 0.464 e. The maximum absolute atomic E-state index is 11.0. The fourth-order valence-corrected chi connectivity index (χ4v) is 1.93. The van der Waals surface area contributed by atoms with Gasteiger partial charge in [0.2, 0.25) is 0 Å². The highest BCUT2D eigenvalue weighted by atomic mass is 16.5. The van der Waals surface area contributed by atoms with E-state index in [4.69, 9.17) is 10.5 Å². The van der Waals surface area contributed by atoms with Crippen LogP contribution in [0.25, 0.3) is 0 Å². The minimum atomic E-state index is -0.646. The quantitative estimate of drug-likeness (QED) is 0.479. The number of rotatable bonds is 0.